The summed E-state index contributed by atoms with van der Waals surface area (Å²) in [4.78, 5) is 13.1. The first kappa shape index (κ1) is 8.41. The van der Waals surface area contributed by atoms with E-state index in [0.29, 0.717) is 6.42 Å². The molecule has 0 N–H and O–H groups in total. The molecule has 0 aliphatic carbocycles. The number of hydrogen-bond acceptors (Lipinski definition) is 2. The summed E-state index contributed by atoms with van der Waals surface area (Å²) in [6.45, 7) is 0. The average Bonchev–Trinajstić information content (AvgIpc) is 2.16. The van der Waals surface area contributed by atoms with E-state index in [0.717, 1.165) is 5.56 Å². The first-order chi connectivity index (χ1) is 5.83. The lowest BCUT2D eigenvalue weighted by Gasteiger charge is -1.92. The molecule has 1 rings (SSSR count). The smallest absolute Gasteiger partial charge is 0.197 e. The molecule has 1 amide bonds. The van der Waals surface area contributed by atoms with Gasteiger partial charge in [0.2, 0.25) is 10.4 Å². The summed E-state index contributed by atoms with van der Waals surface area (Å²) < 4.78 is 0. The van der Waals surface area contributed by atoms with E-state index >= 15 is 0 Å². The molecule has 0 aliphatic rings. The Bertz CT molecular complexity index is 300. The molecule has 3 heteroatoms. The van der Waals surface area contributed by atoms with Gasteiger partial charge in [-0.25, -0.2) is 0 Å². The predicted molar refractivity (Wildman–Crippen MR) is 44.9 cm³/mol. The van der Waals surface area contributed by atoms with E-state index in [1.54, 1.807) is 0 Å². The largest absolute Gasteiger partial charge is 0.560 e. The van der Waals surface area contributed by atoms with Gasteiger partial charge in [0.1, 0.15) is 6.42 Å². The van der Waals surface area contributed by atoms with Crippen molar-refractivity contribution < 1.29 is 4.79 Å². The molecular weight excluding hydrogens is 152 g/mol. The topological polar surface area (TPSA) is 45.2 Å². The molecule has 3 nitrogen and oxygen atoms in total. The Morgan fingerprint density at radius 2 is 2.00 bits per heavy atom. The number of nitrogens with zero attached hydrogens (tertiary/aromatic N) is 2. The maximum absolute atomic E-state index is 10.6. The van der Waals surface area contributed by atoms with Crippen LogP contribution >= 0.6 is 0 Å². The van der Waals surface area contributed by atoms with E-state index in [1.807, 2.05) is 30.3 Å². The van der Waals surface area contributed by atoms with Gasteiger partial charge in [0, 0.05) is 0 Å². The van der Waals surface area contributed by atoms with Crippen molar-refractivity contribution >= 4 is 5.91 Å². The number of amides is 1. The molecule has 1 aromatic carbocycles. The van der Waals surface area contributed by atoms with Gasteiger partial charge in [0.05, 0.1) is 0 Å². The number of carbonyl (C=O) groups is 1. The second-order valence-electron chi connectivity index (χ2n) is 2.48. The Kier molecular flexibility index (Phi) is 2.97. The van der Waals surface area contributed by atoms with Gasteiger partial charge >= 0.3 is 5.91 Å². The van der Waals surface area contributed by atoms with E-state index in [2.05, 4.69) is 4.98 Å². The number of rotatable bonds is 3. The minimum absolute atomic E-state index is 0.264. The molecule has 12 heavy (non-hydrogen) atoms. The van der Waals surface area contributed by atoms with Crippen LogP contribution in [0.25, 0.3) is 4.98 Å². The molecule has 0 atom stereocenters. The van der Waals surface area contributed by atoms with Crippen molar-refractivity contribution in [1.29, 1.82) is 5.39 Å². The fourth-order valence-electron chi connectivity index (χ4n) is 0.946. The van der Waals surface area contributed by atoms with Crippen LogP contribution in [0.4, 0.5) is 0 Å². The minimum Gasteiger partial charge on any atom is -0.197 e. The highest BCUT2D eigenvalue weighted by Crippen LogP contribution is 2.02. The minimum atomic E-state index is -0.473. The maximum Gasteiger partial charge on any atom is 0.560 e. The number of aryl methyl sites for hydroxylation is 1. The van der Waals surface area contributed by atoms with E-state index in [-0.39, 0.29) is 6.42 Å². The van der Waals surface area contributed by atoms with Crippen molar-refractivity contribution in [1.82, 2.24) is 0 Å². The molecule has 60 valence electrons. The fourth-order valence-corrected chi connectivity index (χ4v) is 0.946. The highest BCUT2D eigenvalue weighted by atomic mass is 16.1. The van der Waals surface area contributed by atoms with Crippen LogP contribution in [-0.2, 0) is 11.2 Å². The van der Waals surface area contributed by atoms with Crippen molar-refractivity contribution in [2.24, 2.45) is 0 Å². The van der Waals surface area contributed by atoms with Crippen LogP contribution in [0.3, 0.4) is 0 Å². The maximum atomic E-state index is 10.6. The number of diazo groups is 1. The van der Waals surface area contributed by atoms with Crippen LogP contribution < -0.4 is 0 Å². The van der Waals surface area contributed by atoms with Gasteiger partial charge in [-0.2, -0.15) is 4.79 Å². The van der Waals surface area contributed by atoms with Crippen LogP contribution in [0.5, 0.6) is 0 Å². The van der Waals surface area contributed by atoms with E-state index < -0.39 is 5.91 Å². The summed E-state index contributed by atoms with van der Waals surface area (Å²) in [6, 6.07) is 9.61. The third kappa shape index (κ3) is 2.51. The highest BCUT2D eigenvalue weighted by molar-refractivity contribution is 5.85. The van der Waals surface area contributed by atoms with Crippen LogP contribution in [0, 0.1) is 5.39 Å². The van der Waals surface area contributed by atoms with Crippen molar-refractivity contribution in [2.45, 2.75) is 12.8 Å². The van der Waals surface area contributed by atoms with Crippen molar-refractivity contribution in [2.75, 3.05) is 0 Å². The fraction of sp³-hybridized carbons (Fsp3) is 0.222. The molecule has 0 spiro atoms. The molecule has 0 radical (unpaired) electrons. The second kappa shape index (κ2) is 4.24. The third-order valence-electron chi connectivity index (χ3n) is 1.58. The molecule has 0 aliphatic heterocycles. The molecular formula is C9H9N2O+. The predicted octanol–water partition coefficient (Wildman–Crippen LogP) is 2.00. The molecule has 1 aromatic rings. The normalized spacial score (nSPS) is 8.92. The molecule has 0 heterocycles. The van der Waals surface area contributed by atoms with Gasteiger partial charge in [-0.3, -0.25) is 0 Å². The van der Waals surface area contributed by atoms with Crippen molar-refractivity contribution in [3.05, 3.63) is 40.9 Å². The first-order valence-electron chi connectivity index (χ1n) is 3.75. The van der Waals surface area contributed by atoms with E-state index in [9.17, 15) is 4.79 Å². The number of benzene rings is 1. The quantitative estimate of drug-likeness (QED) is 0.636. The van der Waals surface area contributed by atoms with Crippen LogP contribution in [0.2, 0.25) is 0 Å². The Balaban J connectivity index is 2.45. The lowest BCUT2D eigenvalue weighted by atomic mass is 10.1. The van der Waals surface area contributed by atoms with Gasteiger partial charge in [-0.05, 0) is 12.0 Å². The van der Waals surface area contributed by atoms with Crippen molar-refractivity contribution in [3.8, 4) is 0 Å². The van der Waals surface area contributed by atoms with Crippen LogP contribution in [-0.4, -0.2) is 5.91 Å². The lowest BCUT2D eigenvalue weighted by molar-refractivity contribution is -0.115. The summed E-state index contributed by atoms with van der Waals surface area (Å²) in [5.74, 6) is -0.473. The number of hydrogen-bond donors (Lipinski definition) is 0. The van der Waals surface area contributed by atoms with Gasteiger partial charge in [-0.1, -0.05) is 30.3 Å². The van der Waals surface area contributed by atoms with Crippen molar-refractivity contribution in [3.63, 3.8) is 0 Å². The average molecular weight is 161 g/mol. The molecule has 0 saturated carbocycles. The number of carbonyl (C=O) groups excluding carboxylic acids is 1. The van der Waals surface area contributed by atoms with Crippen LogP contribution in [0.1, 0.15) is 12.0 Å². The molecule has 0 saturated heterocycles. The first-order valence-corrected chi connectivity index (χ1v) is 3.75. The van der Waals surface area contributed by atoms with Gasteiger partial charge in [0.25, 0.3) is 0 Å². The molecule has 0 fully saturated rings. The Labute approximate surface area is 70.6 Å². The Morgan fingerprint density at radius 1 is 1.33 bits per heavy atom. The van der Waals surface area contributed by atoms with E-state index in [1.165, 1.54) is 0 Å². The zero-order valence-corrected chi connectivity index (χ0v) is 6.60. The Morgan fingerprint density at radius 3 is 2.58 bits per heavy atom. The summed E-state index contributed by atoms with van der Waals surface area (Å²) in [5, 5.41) is 8.09. The second-order valence-corrected chi connectivity index (χ2v) is 2.48. The molecule has 0 bridgehead atoms. The SMILES string of the molecule is N#[N+]C(=O)CCc1ccccc1. The van der Waals surface area contributed by atoms with Crippen LogP contribution in [0.15, 0.2) is 30.3 Å². The molecule has 0 aromatic heterocycles. The lowest BCUT2D eigenvalue weighted by Crippen LogP contribution is -1.93. The summed E-state index contributed by atoms with van der Waals surface area (Å²) >= 11 is 0. The monoisotopic (exact) mass is 161 g/mol. The van der Waals surface area contributed by atoms with Gasteiger partial charge < -0.3 is 0 Å². The zero-order valence-electron chi connectivity index (χ0n) is 6.60. The van der Waals surface area contributed by atoms with Gasteiger partial charge in [-0.15, -0.1) is 0 Å². The molecule has 0 unspecified atom stereocenters. The zero-order chi connectivity index (χ0) is 8.81. The summed E-state index contributed by atoms with van der Waals surface area (Å²) in [5.41, 5.74) is 1.08. The standard InChI is InChI=1S/C9H9N2O/c10-11-9(12)7-6-8-4-2-1-3-5-8/h1-5H,6-7H2/q+1. The third-order valence-corrected chi connectivity index (χ3v) is 1.58. The highest BCUT2D eigenvalue weighted by Gasteiger charge is 2.12. The van der Waals surface area contributed by atoms with E-state index in [4.69, 9.17) is 5.39 Å². The Hall–Kier alpha value is -1.69. The summed E-state index contributed by atoms with van der Waals surface area (Å²) in [7, 11) is 0. The van der Waals surface area contributed by atoms with Gasteiger partial charge in [0.15, 0.2) is 0 Å². The summed E-state index contributed by atoms with van der Waals surface area (Å²) in [6.07, 6.45) is 0.893.